The Morgan fingerprint density at radius 1 is 1.19 bits per heavy atom. The molecule has 0 fully saturated rings. The Bertz CT molecular complexity index is 739. The van der Waals surface area contributed by atoms with Crippen molar-refractivity contribution in [2.24, 2.45) is 4.99 Å². The zero-order chi connectivity index (χ0) is 18.2. The van der Waals surface area contributed by atoms with Gasteiger partial charge in [0.25, 0.3) is 5.91 Å². The van der Waals surface area contributed by atoms with Crippen LogP contribution in [-0.2, 0) is 6.42 Å². The van der Waals surface area contributed by atoms with Crippen LogP contribution in [0.1, 0.15) is 15.9 Å². The van der Waals surface area contributed by atoms with Crippen LogP contribution in [0, 0.1) is 0 Å². The van der Waals surface area contributed by atoms with Crippen molar-refractivity contribution in [2.75, 3.05) is 26.7 Å². The number of rotatable bonds is 6. The quantitative estimate of drug-likeness (QED) is 0.409. The summed E-state index contributed by atoms with van der Waals surface area (Å²) in [6.07, 6.45) is 4.17. The fourth-order valence-corrected chi connectivity index (χ4v) is 2.75. The summed E-state index contributed by atoms with van der Waals surface area (Å²) in [6, 6.07) is 11.6. The third kappa shape index (κ3) is 4.72. The van der Waals surface area contributed by atoms with Gasteiger partial charge < -0.3 is 20.7 Å². The number of ether oxygens (including phenoxy) is 1. The fraction of sp³-hybridized carbons (Fsp3) is 0.316. The minimum Gasteiger partial charge on any atom is -0.488 e. The van der Waals surface area contributed by atoms with Gasteiger partial charge in [0, 0.05) is 39.0 Å². The maximum Gasteiger partial charge on any atom is 0.252 e. The first-order valence-corrected chi connectivity index (χ1v) is 8.63. The normalized spacial score (nSPS) is 15.7. The highest BCUT2D eigenvalue weighted by Gasteiger charge is 2.22. The van der Waals surface area contributed by atoms with E-state index >= 15 is 0 Å². The van der Waals surface area contributed by atoms with E-state index in [1.807, 2.05) is 18.2 Å². The molecule has 3 rings (SSSR count). The molecule has 1 aliphatic heterocycles. The van der Waals surface area contributed by atoms with Crippen LogP contribution in [-0.4, -0.2) is 49.6 Å². The molecule has 7 nitrogen and oxygen atoms in total. The standard InChI is InChI=1S/C19H23N5O2/c1-20-19(23-10-9-22-18(25)15-6-4-8-21-12-15)24-13-16-11-14-5-2-3-7-17(14)26-16/h2-8,12,16H,9-11,13H2,1H3,(H,22,25)(H2,20,23,24). The highest BCUT2D eigenvalue weighted by atomic mass is 16.5. The number of carbonyl (C=O) groups is 1. The van der Waals surface area contributed by atoms with Gasteiger partial charge in [0.1, 0.15) is 11.9 Å². The molecule has 1 aliphatic rings. The summed E-state index contributed by atoms with van der Waals surface area (Å²) in [4.78, 5) is 20.0. The third-order valence-electron chi connectivity index (χ3n) is 4.06. The second-order valence-electron chi connectivity index (χ2n) is 5.93. The molecule has 7 heteroatoms. The van der Waals surface area contributed by atoms with E-state index in [2.05, 4.69) is 32.0 Å². The first-order valence-electron chi connectivity index (χ1n) is 8.63. The van der Waals surface area contributed by atoms with Crippen LogP contribution in [0.5, 0.6) is 5.75 Å². The molecule has 3 N–H and O–H groups in total. The van der Waals surface area contributed by atoms with Crippen molar-refractivity contribution in [3.05, 3.63) is 59.9 Å². The third-order valence-corrected chi connectivity index (χ3v) is 4.06. The number of nitrogens with zero attached hydrogens (tertiary/aromatic N) is 2. The van der Waals surface area contributed by atoms with Gasteiger partial charge in [-0.25, -0.2) is 0 Å². The monoisotopic (exact) mass is 353 g/mol. The van der Waals surface area contributed by atoms with Gasteiger partial charge in [-0.1, -0.05) is 18.2 Å². The van der Waals surface area contributed by atoms with Gasteiger partial charge in [-0.15, -0.1) is 0 Å². The second-order valence-corrected chi connectivity index (χ2v) is 5.93. The number of benzene rings is 1. The van der Waals surface area contributed by atoms with Crippen molar-refractivity contribution < 1.29 is 9.53 Å². The summed E-state index contributed by atoms with van der Waals surface area (Å²) >= 11 is 0. The van der Waals surface area contributed by atoms with E-state index in [1.54, 1.807) is 31.6 Å². The summed E-state index contributed by atoms with van der Waals surface area (Å²) in [6.45, 7) is 1.72. The molecule has 0 radical (unpaired) electrons. The second kappa shape index (κ2) is 8.84. The number of aliphatic imine (C=N–C) groups is 1. The smallest absolute Gasteiger partial charge is 0.252 e. The lowest BCUT2D eigenvalue weighted by Gasteiger charge is -2.15. The average Bonchev–Trinajstić information content (AvgIpc) is 3.11. The highest BCUT2D eigenvalue weighted by molar-refractivity contribution is 5.93. The number of fused-ring (bicyclic) bond motifs is 1. The van der Waals surface area contributed by atoms with Crippen molar-refractivity contribution in [2.45, 2.75) is 12.5 Å². The lowest BCUT2D eigenvalue weighted by atomic mass is 10.1. The predicted molar refractivity (Wildman–Crippen MR) is 100 cm³/mol. The van der Waals surface area contributed by atoms with Crippen LogP contribution in [0.4, 0.5) is 0 Å². The number of carbonyl (C=O) groups excluding carboxylic acids is 1. The van der Waals surface area contributed by atoms with Crippen LogP contribution in [0.15, 0.2) is 53.8 Å². The molecule has 0 spiro atoms. The molecule has 1 unspecified atom stereocenters. The lowest BCUT2D eigenvalue weighted by Crippen LogP contribution is -2.44. The molecule has 1 aromatic carbocycles. The highest BCUT2D eigenvalue weighted by Crippen LogP contribution is 2.27. The number of guanidine groups is 1. The van der Waals surface area contributed by atoms with E-state index in [4.69, 9.17) is 4.74 Å². The largest absolute Gasteiger partial charge is 0.488 e. The molecule has 2 heterocycles. The van der Waals surface area contributed by atoms with E-state index in [0.717, 1.165) is 12.2 Å². The van der Waals surface area contributed by atoms with E-state index in [9.17, 15) is 4.79 Å². The van der Waals surface area contributed by atoms with E-state index in [-0.39, 0.29) is 12.0 Å². The van der Waals surface area contributed by atoms with E-state index < -0.39 is 0 Å². The summed E-state index contributed by atoms with van der Waals surface area (Å²) in [5.74, 6) is 1.50. The van der Waals surface area contributed by atoms with Gasteiger partial charge in [0.15, 0.2) is 5.96 Å². The predicted octanol–water partition coefficient (Wildman–Crippen LogP) is 0.980. The van der Waals surface area contributed by atoms with E-state index in [0.29, 0.717) is 31.2 Å². The number of amides is 1. The Morgan fingerprint density at radius 3 is 2.81 bits per heavy atom. The summed E-state index contributed by atoms with van der Waals surface area (Å²) in [5.41, 5.74) is 1.79. The van der Waals surface area contributed by atoms with Gasteiger partial charge in [0.05, 0.1) is 12.1 Å². The van der Waals surface area contributed by atoms with Crippen molar-refractivity contribution >= 4 is 11.9 Å². The topological polar surface area (TPSA) is 87.6 Å². The molecule has 0 bridgehead atoms. The van der Waals surface area contributed by atoms with Crippen molar-refractivity contribution in [3.8, 4) is 5.75 Å². The number of pyridine rings is 1. The van der Waals surface area contributed by atoms with Crippen LogP contribution < -0.4 is 20.7 Å². The van der Waals surface area contributed by atoms with Crippen molar-refractivity contribution in [3.63, 3.8) is 0 Å². The Kier molecular flexibility index (Phi) is 6.03. The maximum atomic E-state index is 11.9. The minimum absolute atomic E-state index is 0.0937. The van der Waals surface area contributed by atoms with Gasteiger partial charge in [-0.2, -0.15) is 0 Å². The number of aromatic nitrogens is 1. The Hall–Kier alpha value is -3.09. The van der Waals surface area contributed by atoms with Gasteiger partial charge in [-0.05, 0) is 23.8 Å². The molecule has 0 saturated heterocycles. The average molecular weight is 353 g/mol. The molecule has 2 aromatic rings. The zero-order valence-electron chi connectivity index (χ0n) is 14.7. The van der Waals surface area contributed by atoms with Gasteiger partial charge in [0.2, 0.25) is 0 Å². The van der Waals surface area contributed by atoms with Crippen LogP contribution >= 0.6 is 0 Å². The molecule has 1 amide bonds. The Morgan fingerprint density at radius 2 is 2.04 bits per heavy atom. The first kappa shape index (κ1) is 17.7. The lowest BCUT2D eigenvalue weighted by molar-refractivity contribution is 0.0954. The Labute approximate surface area is 152 Å². The number of hydrogen-bond acceptors (Lipinski definition) is 4. The summed E-state index contributed by atoms with van der Waals surface area (Å²) in [7, 11) is 1.72. The summed E-state index contributed by atoms with van der Waals surface area (Å²) < 4.78 is 5.90. The summed E-state index contributed by atoms with van der Waals surface area (Å²) in [5, 5.41) is 9.27. The number of nitrogens with one attached hydrogen (secondary N) is 3. The fourth-order valence-electron chi connectivity index (χ4n) is 2.75. The molecule has 1 aromatic heterocycles. The van der Waals surface area contributed by atoms with Crippen LogP contribution in [0.3, 0.4) is 0 Å². The van der Waals surface area contributed by atoms with E-state index in [1.165, 1.54) is 5.56 Å². The zero-order valence-corrected chi connectivity index (χ0v) is 14.7. The molecule has 0 aliphatic carbocycles. The van der Waals surface area contributed by atoms with Crippen molar-refractivity contribution in [1.82, 2.24) is 20.9 Å². The maximum absolute atomic E-state index is 11.9. The van der Waals surface area contributed by atoms with Gasteiger partial charge in [-0.3, -0.25) is 14.8 Å². The van der Waals surface area contributed by atoms with Crippen LogP contribution in [0.2, 0.25) is 0 Å². The first-order chi connectivity index (χ1) is 12.8. The SMILES string of the molecule is CN=C(NCCNC(=O)c1cccnc1)NCC1Cc2ccccc2O1. The number of para-hydroxylation sites is 1. The molecular weight excluding hydrogens is 330 g/mol. The minimum atomic E-state index is -0.139. The van der Waals surface area contributed by atoms with Crippen molar-refractivity contribution in [1.29, 1.82) is 0 Å². The molecule has 1 atom stereocenters. The molecule has 0 saturated carbocycles. The Balaban J connectivity index is 1.35. The number of hydrogen-bond donors (Lipinski definition) is 3. The molecule has 136 valence electrons. The van der Waals surface area contributed by atoms with Gasteiger partial charge >= 0.3 is 0 Å². The van der Waals surface area contributed by atoms with Crippen LogP contribution in [0.25, 0.3) is 0 Å². The molecular formula is C19H23N5O2. The molecule has 26 heavy (non-hydrogen) atoms.